The Balaban J connectivity index is 1.53. The monoisotopic (exact) mass is 331 g/mol. The van der Waals surface area contributed by atoms with Crippen molar-refractivity contribution in [2.75, 3.05) is 6.61 Å². The van der Waals surface area contributed by atoms with Crippen LogP contribution in [0.4, 0.5) is 4.39 Å². The summed E-state index contributed by atoms with van der Waals surface area (Å²) < 4.78 is 21.0. The Kier molecular flexibility index (Phi) is 3.61. The lowest BCUT2D eigenvalue weighted by atomic mass is 10.2. The number of fused-ring (bicyclic) bond motifs is 1. The topological polar surface area (TPSA) is 70.9 Å². The maximum atomic E-state index is 14.5. The smallest absolute Gasteiger partial charge is 0.357 e. The molecule has 126 valence electrons. The fraction of sp³-hybridized carbons (Fsp3) is 0.375. The van der Waals surface area contributed by atoms with Gasteiger partial charge in [0, 0.05) is 11.8 Å². The molecule has 0 unspecified atom stereocenters. The second-order valence-corrected chi connectivity index (χ2v) is 5.94. The zero-order chi connectivity index (χ0) is 16.7. The molecule has 1 saturated carbocycles. The molecule has 24 heavy (non-hydrogen) atoms. The van der Waals surface area contributed by atoms with E-state index in [0.717, 1.165) is 18.4 Å². The number of halogens is 1. The maximum Gasteiger partial charge on any atom is 0.357 e. The van der Waals surface area contributed by atoms with Crippen molar-refractivity contribution in [2.24, 2.45) is 0 Å². The molecule has 2 N–H and O–H groups in total. The first-order chi connectivity index (χ1) is 11.7. The van der Waals surface area contributed by atoms with Crippen LogP contribution >= 0.6 is 0 Å². The Hall–Kier alpha value is -2.61. The molecule has 2 aromatic heterocycles. The van der Waals surface area contributed by atoms with E-state index in [4.69, 9.17) is 4.74 Å². The Labute approximate surface area is 138 Å². The molecule has 0 spiro atoms. The van der Waals surface area contributed by atoms with Gasteiger partial charge in [0.25, 0.3) is 0 Å². The molecular weight excluding hydrogens is 313 g/mol. The Morgan fingerprint density at radius 1 is 1.46 bits per heavy atom. The molecule has 0 bridgehead atoms. The summed E-state index contributed by atoms with van der Waals surface area (Å²) in [5.41, 5.74) is 7.94. The average molecular weight is 331 g/mol. The van der Waals surface area contributed by atoms with Gasteiger partial charge in [-0.15, -0.1) is 5.53 Å². The van der Waals surface area contributed by atoms with E-state index in [1.54, 1.807) is 24.3 Å². The van der Waals surface area contributed by atoms with Gasteiger partial charge in [0.15, 0.2) is 5.70 Å². The zero-order valence-corrected chi connectivity index (χ0v) is 13.3. The number of ether oxygens (including phenoxy) is 1. The highest BCUT2D eigenvalue weighted by atomic mass is 19.1. The second-order valence-electron chi connectivity index (χ2n) is 5.94. The molecule has 4 rings (SSSR count). The van der Waals surface area contributed by atoms with Crippen LogP contribution in [-0.4, -0.2) is 27.0 Å². The quantitative estimate of drug-likeness (QED) is 0.640. The van der Waals surface area contributed by atoms with Crippen molar-refractivity contribution in [3.63, 3.8) is 0 Å². The number of hydrazine groups is 2. The molecule has 0 amide bonds. The molecule has 1 fully saturated rings. The summed E-state index contributed by atoms with van der Waals surface area (Å²) in [5.74, 6) is -0.314. The molecule has 0 radical (unpaired) electrons. The number of imidazole rings is 1. The number of hydrogen-bond acceptors (Lipinski definition) is 6. The van der Waals surface area contributed by atoms with Gasteiger partial charge in [0.05, 0.1) is 25.0 Å². The third-order valence-corrected chi connectivity index (χ3v) is 4.11. The van der Waals surface area contributed by atoms with Crippen LogP contribution in [0.25, 0.3) is 5.65 Å². The average Bonchev–Trinajstić information content (AvgIpc) is 3.14. The van der Waals surface area contributed by atoms with Gasteiger partial charge < -0.3 is 4.74 Å². The third-order valence-electron chi connectivity index (χ3n) is 4.11. The van der Waals surface area contributed by atoms with E-state index in [1.165, 1.54) is 4.40 Å². The number of pyridine rings is 1. The normalized spacial score (nSPS) is 17.1. The summed E-state index contributed by atoms with van der Waals surface area (Å²) >= 11 is 0. The van der Waals surface area contributed by atoms with Crippen molar-refractivity contribution < 1.29 is 13.9 Å². The first kappa shape index (κ1) is 14.9. The number of carbonyl (C=O) groups is 1. The van der Waals surface area contributed by atoms with Gasteiger partial charge in [-0.2, -0.15) is 4.39 Å². The fourth-order valence-corrected chi connectivity index (χ4v) is 2.79. The molecule has 1 aliphatic carbocycles. The van der Waals surface area contributed by atoms with E-state index >= 15 is 0 Å². The molecule has 3 heterocycles. The molecule has 0 saturated heterocycles. The lowest BCUT2D eigenvalue weighted by Gasteiger charge is -2.12. The number of nitrogens with zero attached hydrogens (tertiary/aromatic N) is 3. The van der Waals surface area contributed by atoms with Gasteiger partial charge in [-0.3, -0.25) is 14.8 Å². The Morgan fingerprint density at radius 3 is 3.04 bits per heavy atom. The van der Waals surface area contributed by atoms with Crippen LogP contribution in [0, 0.1) is 5.95 Å². The predicted molar refractivity (Wildman–Crippen MR) is 83.7 cm³/mol. The predicted octanol–water partition coefficient (Wildman–Crippen LogP) is 1.58. The van der Waals surface area contributed by atoms with Gasteiger partial charge in [-0.1, -0.05) is 6.07 Å². The van der Waals surface area contributed by atoms with E-state index in [0.29, 0.717) is 36.1 Å². The summed E-state index contributed by atoms with van der Waals surface area (Å²) in [6.07, 6.45) is 5.39. The van der Waals surface area contributed by atoms with Crippen LogP contribution in [-0.2, 0) is 16.1 Å². The number of nitrogens with one attached hydrogen (secondary N) is 2. The first-order valence-corrected chi connectivity index (χ1v) is 7.99. The van der Waals surface area contributed by atoms with Crippen molar-refractivity contribution in [2.45, 2.75) is 32.2 Å². The van der Waals surface area contributed by atoms with E-state index in [2.05, 4.69) is 15.9 Å². The summed E-state index contributed by atoms with van der Waals surface area (Å²) in [6.45, 7) is 2.45. The molecule has 8 heteroatoms. The fourth-order valence-electron chi connectivity index (χ4n) is 2.79. The lowest BCUT2D eigenvalue weighted by molar-refractivity contribution is -0.138. The molecule has 1 aliphatic heterocycles. The molecule has 2 aromatic rings. The first-order valence-electron chi connectivity index (χ1n) is 7.99. The van der Waals surface area contributed by atoms with Crippen molar-refractivity contribution in [1.29, 1.82) is 0 Å². The van der Waals surface area contributed by atoms with Gasteiger partial charge >= 0.3 is 5.97 Å². The van der Waals surface area contributed by atoms with Crippen molar-refractivity contribution in [1.82, 2.24) is 25.4 Å². The summed E-state index contributed by atoms with van der Waals surface area (Å²) in [6, 6.07) is 3.67. The van der Waals surface area contributed by atoms with Crippen molar-refractivity contribution >= 4 is 11.6 Å². The Bertz CT molecular complexity index is 827. The van der Waals surface area contributed by atoms with Gasteiger partial charge in [-0.05, 0) is 31.7 Å². The highest BCUT2D eigenvalue weighted by Crippen LogP contribution is 2.41. The molecular formula is C16H18FN5O2. The molecule has 0 atom stereocenters. The van der Waals surface area contributed by atoms with Crippen LogP contribution < -0.4 is 11.0 Å². The highest BCUT2D eigenvalue weighted by Gasteiger charge is 2.28. The third kappa shape index (κ3) is 2.69. The minimum atomic E-state index is -0.428. The van der Waals surface area contributed by atoms with Gasteiger partial charge in [-0.25, -0.2) is 9.78 Å². The van der Waals surface area contributed by atoms with E-state index in [-0.39, 0.29) is 5.95 Å². The summed E-state index contributed by atoms with van der Waals surface area (Å²) in [7, 11) is 0. The number of carbonyl (C=O) groups excluding carboxylic acids is 1. The molecule has 7 nitrogen and oxygen atoms in total. The largest absolute Gasteiger partial charge is 0.461 e. The van der Waals surface area contributed by atoms with Crippen molar-refractivity contribution in [3.05, 3.63) is 47.4 Å². The van der Waals surface area contributed by atoms with E-state index < -0.39 is 5.97 Å². The SMILES string of the molecule is CCOC(=O)C1=CN(Cc2cn3c(F)c(C4CC4)ccc3n2)NN1. The highest BCUT2D eigenvalue weighted by molar-refractivity contribution is 5.87. The van der Waals surface area contributed by atoms with Gasteiger partial charge in [0.2, 0.25) is 5.95 Å². The van der Waals surface area contributed by atoms with Crippen molar-refractivity contribution in [3.8, 4) is 0 Å². The number of esters is 1. The van der Waals surface area contributed by atoms with Crippen LogP contribution in [0.15, 0.2) is 30.2 Å². The molecule has 0 aromatic carbocycles. The van der Waals surface area contributed by atoms with Gasteiger partial charge in [0.1, 0.15) is 5.65 Å². The van der Waals surface area contributed by atoms with E-state index in [1.807, 2.05) is 12.1 Å². The summed E-state index contributed by atoms with van der Waals surface area (Å²) in [5, 5.41) is 1.66. The Morgan fingerprint density at radius 2 is 2.29 bits per heavy atom. The van der Waals surface area contributed by atoms with Crippen LogP contribution in [0.5, 0.6) is 0 Å². The second kappa shape index (κ2) is 5.79. The number of aromatic nitrogens is 2. The minimum Gasteiger partial charge on any atom is -0.461 e. The maximum absolute atomic E-state index is 14.5. The lowest BCUT2D eigenvalue weighted by Crippen LogP contribution is -2.37. The molecule has 2 aliphatic rings. The van der Waals surface area contributed by atoms with E-state index in [9.17, 15) is 9.18 Å². The van der Waals surface area contributed by atoms with Crippen LogP contribution in [0.1, 0.15) is 36.9 Å². The van der Waals surface area contributed by atoms with Crippen LogP contribution in [0.2, 0.25) is 0 Å². The summed E-state index contributed by atoms with van der Waals surface area (Å²) in [4.78, 5) is 16.1. The van der Waals surface area contributed by atoms with Crippen LogP contribution in [0.3, 0.4) is 0 Å². The minimum absolute atomic E-state index is 0.232. The number of hydrogen-bond donors (Lipinski definition) is 2. The standard InChI is InChI=1S/C16H18FN5O2/c1-2-24-16(23)13-9-21(20-19-13)7-11-8-22-14(18-11)6-5-12(15(22)17)10-3-4-10/h5-6,8-10,19-20H,2-4,7H2,1H3. The number of rotatable bonds is 5. The zero-order valence-electron chi connectivity index (χ0n) is 13.3.